The summed E-state index contributed by atoms with van der Waals surface area (Å²) in [5.41, 5.74) is 1.83. The van der Waals surface area contributed by atoms with Gasteiger partial charge in [0.1, 0.15) is 12.4 Å². The number of nitrogens with zero attached hydrogens (tertiary/aromatic N) is 9. The molecule has 0 spiro atoms. The van der Waals surface area contributed by atoms with Gasteiger partial charge in [-0.05, 0) is 56.1 Å². The normalized spacial score (nSPS) is 18.8. The maximum absolute atomic E-state index is 12.9. The first-order valence-corrected chi connectivity index (χ1v) is 10.8. The van der Waals surface area contributed by atoms with Crippen LogP contribution in [0.3, 0.4) is 0 Å². The zero-order valence-electron chi connectivity index (χ0n) is 18.2. The number of amides is 1. The summed E-state index contributed by atoms with van der Waals surface area (Å²) in [4.78, 5) is 28.4. The highest BCUT2D eigenvalue weighted by Gasteiger charge is 2.25. The third-order valence-corrected chi connectivity index (χ3v) is 6.12. The topological polar surface area (TPSA) is 96.2 Å². The van der Waals surface area contributed by atoms with Crippen LogP contribution in [0.4, 0.5) is 5.82 Å². The Morgan fingerprint density at radius 2 is 1.83 bits per heavy atom. The highest BCUT2D eigenvalue weighted by Crippen LogP contribution is 2.19. The van der Waals surface area contributed by atoms with Gasteiger partial charge in [0.05, 0.1) is 17.9 Å². The van der Waals surface area contributed by atoms with Crippen LogP contribution in [0.1, 0.15) is 37.0 Å². The number of piperidine rings is 1. The Bertz CT molecular complexity index is 867. The summed E-state index contributed by atoms with van der Waals surface area (Å²) in [6.45, 7) is 12.1. The Morgan fingerprint density at radius 3 is 2.57 bits per heavy atom. The molecule has 2 aliphatic rings. The van der Waals surface area contributed by atoms with Gasteiger partial charge in [0.25, 0.3) is 0 Å². The largest absolute Gasteiger partial charge is 0.352 e. The van der Waals surface area contributed by atoms with Crippen LogP contribution in [0, 0.1) is 19.8 Å². The van der Waals surface area contributed by atoms with Crippen LogP contribution < -0.4 is 4.90 Å². The molecule has 0 aliphatic carbocycles. The van der Waals surface area contributed by atoms with Crippen molar-refractivity contribution in [1.82, 2.24) is 40.0 Å². The predicted octanol–water partition coefficient (Wildman–Crippen LogP) is 0.661. The number of rotatable bonds is 5. The summed E-state index contributed by atoms with van der Waals surface area (Å²) in [5, 5.41) is 12.0. The van der Waals surface area contributed by atoms with Crippen molar-refractivity contribution in [2.75, 3.05) is 44.2 Å². The van der Waals surface area contributed by atoms with Crippen LogP contribution in [0.15, 0.2) is 6.20 Å². The molecule has 0 radical (unpaired) electrons. The number of tetrazole rings is 1. The molecule has 0 atom stereocenters. The Hall–Kier alpha value is -2.62. The molecule has 0 unspecified atom stereocenters. The number of hydrogen-bond donors (Lipinski definition) is 0. The van der Waals surface area contributed by atoms with Crippen LogP contribution >= 0.6 is 0 Å². The fraction of sp³-hybridized carbons (Fsp3) is 0.700. The molecule has 10 nitrogen and oxygen atoms in total. The molecule has 1 amide bonds. The third-order valence-electron chi connectivity index (χ3n) is 6.12. The number of carbonyl (C=O) groups is 1. The molecule has 2 saturated heterocycles. The predicted molar refractivity (Wildman–Crippen MR) is 112 cm³/mol. The van der Waals surface area contributed by atoms with Crippen molar-refractivity contribution in [3.8, 4) is 0 Å². The molecule has 0 N–H and O–H groups in total. The lowest BCUT2D eigenvalue weighted by atomic mass is 9.99. The fourth-order valence-electron chi connectivity index (χ4n) is 4.10. The fourth-order valence-corrected chi connectivity index (χ4v) is 4.10. The third kappa shape index (κ3) is 4.75. The number of piperazine rings is 1. The van der Waals surface area contributed by atoms with Gasteiger partial charge in [-0.3, -0.25) is 14.7 Å². The Morgan fingerprint density at radius 1 is 1.10 bits per heavy atom. The zero-order valence-corrected chi connectivity index (χ0v) is 18.2. The van der Waals surface area contributed by atoms with Crippen molar-refractivity contribution in [3.05, 3.63) is 23.4 Å². The van der Waals surface area contributed by atoms with Crippen molar-refractivity contribution in [2.24, 2.45) is 5.92 Å². The van der Waals surface area contributed by atoms with Crippen LogP contribution in [0.25, 0.3) is 0 Å². The molecular weight excluding hydrogens is 382 g/mol. The number of carbonyl (C=O) groups excluding carboxylic acids is 1. The first-order valence-electron chi connectivity index (χ1n) is 10.8. The highest BCUT2D eigenvalue weighted by atomic mass is 16.2. The van der Waals surface area contributed by atoms with E-state index in [-0.39, 0.29) is 12.5 Å². The lowest BCUT2D eigenvalue weighted by Gasteiger charge is -2.36. The second-order valence-electron chi connectivity index (χ2n) is 8.50. The van der Waals surface area contributed by atoms with Gasteiger partial charge in [-0.15, -0.1) is 5.10 Å². The van der Waals surface area contributed by atoms with E-state index in [9.17, 15) is 4.79 Å². The van der Waals surface area contributed by atoms with Gasteiger partial charge in [0.15, 0.2) is 5.82 Å². The molecule has 2 aromatic rings. The number of likely N-dealkylation sites (tertiary alicyclic amines) is 1. The quantitative estimate of drug-likeness (QED) is 0.705. The monoisotopic (exact) mass is 413 g/mol. The molecule has 2 aliphatic heterocycles. The van der Waals surface area contributed by atoms with Crippen molar-refractivity contribution in [3.63, 3.8) is 0 Å². The number of anilines is 1. The standard InChI is InChI=1S/C20H31N9O/c1-15-4-6-26(7-5-15)13-18-23-24-25-29(18)14-19(30)27-8-10-28(11-9-27)20-17(3)21-12-16(2)22-20/h12,15H,4-11,13-14H2,1-3H3. The van der Waals surface area contributed by atoms with Crippen molar-refractivity contribution < 1.29 is 4.79 Å². The van der Waals surface area contributed by atoms with E-state index in [1.54, 1.807) is 10.9 Å². The SMILES string of the molecule is Cc1cnc(C)c(N2CCN(C(=O)Cn3nnnc3CN3CCC(C)CC3)CC2)n1. The summed E-state index contributed by atoms with van der Waals surface area (Å²) in [7, 11) is 0. The summed E-state index contributed by atoms with van der Waals surface area (Å²) in [5.74, 6) is 2.53. The van der Waals surface area contributed by atoms with Crippen LogP contribution in [-0.4, -0.2) is 85.2 Å². The molecule has 0 bridgehead atoms. The Balaban J connectivity index is 1.31. The number of aromatic nitrogens is 6. The lowest BCUT2D eigenvalue weighted by Crippen LogP contribution is -2.50. The van der Waals surface area contributed by atoms with E-state index in [4.69, 9.17) is 0 Å². The summed E-state index contributed by atoms with van der Waals surface area (Å²) in [6, 6.07) is 0. The first-order chi connectivity index (χ1) is 14.5. The van der Waals surface area contributed by atoms with Gasteiger partial charge in [0, 0.05) is 32.4 Å². The van der Waals surface area contributed by atoms with Gasteiger partial charge < -0.3 is 9.80 Å². The number of aryl methyl sites for hydroxylation is 2. The minimum atomic E-state index is 0.0579. The molecule has 0 saturated carbocycles. The van der Waals surface area contributed by atoms with E-state index < -0.39 is 0 Å². The molecule has 0 aromatic carbocycles. The molecule has 10 heteroatoms. The van der Waals surface area contributed by atoms with Crippen LogP contribution in [0.2, 0.25) is 0 Å². The molecule has 30 heavy (non-hydrogen) atoms. The maximum Gasteiger partial charge on any atom is 0.244 e. The second kappa shape index (κ2) is 9.03. The average Bonchev–Trinajstić information content (AvgIpc) is 3.18. The summed E-state index contributed by atoms with van der Waals surface area (Å²) in [6.07, 6.45) is 4.19. The Labute approximate surface area is 177 Å². The van der Waals surface area contributed by atoms with Gasteiger partial charge in [-0.2, -0.15) is 0 Å². The van der Waals surface area contributed by atoms with Crippen LogP contribution in [-0.2, 0) is 17.9 Å². The van der Waals surface area contributed by atoms with E-state index in [1.165, 1.54) is 12.8 Å². The van der Waals surface area contributed by atoms with E-state index in [1.807, 2.05) is 18.7 Å². The lowest BCUT2D eigenvalue weighted by molar-refractivity contribution is -0.132. The van der Waals surface area contributed by atoms with Gasteiger partial charge in [-0.1, -0.05) is 6.92 Å². The molecular formula is C20H31N9O. The molecule has 2 aromatic heterocycles. The van der Waals surface area contributed by atoms with Gasteiger partial charge in [0.2, 0.25) is 5.91 Å². The first kappa shape index (κ1) is 20.6. The molecule has 2 fully saturated rings. The molecule has 4 rings (SSSR count). The van der Waals surface area contributed by atoms with E-state index in [0.29, 0.717) is 19.6 Å². The molecule has 162 valence electrons. The Kier molecular flexibility index (Phi) is 6.21. The second-order valence-corrected chi connectivity index (χ2v) is 8.50. The van der Waals surface area contributed by atoms with Crippen molar-refractivity contribution in [2.45, 2.75) is 46.7 Å². The number of hydrogen-bond acceptors (Lipinski definition) is 8. The summed E-state index contributed by atoms with van der Waals surface area (Å²) < 4.78 is 1.66. The minimum absolute atomic E-state index is 0.0579. The van der Waals surface area contributed by atoms with E-state index >= 15 is 0 Å². The minimum Gasteiger partial charge on any atom is -0.352 e. The average molecular weight is 414 g/mol. The van der Waals surface area contributed by atoms with Gasteiger partial charge >= 0.3 is 0 Å². The molecule has 4 heterocycles. The summed E-state index contributed by atoms with van der Waals surface area (Å²) >= 11 is 0. The highest BCUT2D eigenvalue weighted by molar-refractivity contribution is 5.76. The van der Waals surface area contributed by atoms with Crippen molar-refractivity contribution >= 4 is 11.7 Å². The van der Waals surface area contributed by atoms with E-state index in [2.05, 4.69) is 42.2 Å². The smallest absolute Gasteiger partial charge is 0.244 e. The maximum atomic E-state index is 12.9. The van der Waals surface area contributed by atoms with Gasteiger partial charge in [-0.25, -0.2) is 9.67 Å². The zero-order chi connectivity index (χ0) is 21.1. The van der Waals surface area contributed by atoms with Crippen molar-refractivity contribution in [1.29, 1.82) is 0 Å². The van der Waals surface area contributed by atoms with E-state index in [0.717, 1.165) is 55.1 Å². The van der Waals surface area contributed by atoms with Crippen LogP contribution in [0.5, 0.6) is 0 Å².